The van der Waals surface area contributed by atoms with E-state index in [0.717, 1.165) is 36.3 Å². The van der Waals surface area contributed by atoms with E-state index >= 15 is 0 Å². The third kappa shape index (κ3) is 2.64. The van der Waals surface area contributed by atoms with Gasteiger partial charge in [-0.15, -0.1) is 11.3 Å². The van der Waals surface area contributed by atoms with Crippen LogP contribution in [0.2, 0.25) is 0 Å². The van der Waals surface area contributed by atoms with Gasteiger partial charge in [-0.05, 0) is 43.3 Å². The molecule has 0 fully saturated rings. The number of amides is 1. The Bertz CT molecular complexity index is 1050. The van der Waals surface area contributed by atoms with Gasteiger partial charge in [-0.1, -0.05) is 15.9 Å². The van der Waals surface area contributed by atoms with Gasteiger partial charge in [-0.3, -0.25) is 4.79 Å². The van der Waals surface area contributed by atoms with E-state index in [0.29, 0.717) is 5.56 Å². The summed E-state index contributed by atoms with van der Waals surface area (Å²) in [5.41, 5.74) is 3.30. The quantitative estimate of drug-likeness (QED) is 0.504. The Hall–Kier alpha value is -2.18. The summed E-state index contributed by atoms with van der Waals surface area (Å²) in [6.07, 6.45) is 1.74. The van der Waals surface area contributed by atoms with Gasteiger partial charge in [0.25, 0.3) is 5.91 Å². The topological polar surface area (TPSA) is 57.8 Å². The lowest BCUT2D eigenvalue weighted by molar-refractivity contribution is 0.102. The number of hydrogen-bond donors (Lipinski definition) is 2. The number of aromatic amines is 1. The van der Waals surface area contributed by atoms with Crippen LogP contribution in [-0.4, -0.2) is 15.9 Å². The molecule has 0 unspecified atom stereocenters. The van der Waals surface area contributed by atoms with Crippen molar-refractivity contribution in [1.82, 2.24) is 9.97 Å². The molecule has 6 heteroatoms. The molecule has 2 N–H and O–H groups in total. The molecule has 0 bridgehead atoms. The second-order valence-corrected chi connectivity index (χ2v) is 7.41. The maximum Gasteiger partial charge on any atom is 0.257 e. The van der Waals surface area contributed by atoms with Crippen molar-refractivity contribution in [3.8, 4) is 0 Å². The number of benzene rings is 2. The zero-order valence-electron chi connectivity index (χ0n) is 12.2. The number of halogens is 1. The fourth-order valence-corrected chi connectivity index (χ4v) is 3.82. The molecule has 4 rings (SSSR count). The number of thiazole rings is 1. The highest BCUT2D eigenvalue weighted by molar-refractivity contribution is 9.10. The minimum Gasteiger partial charge on any atom is -0.360 e. The van der Waals surface area contributed by atoms with Crippen LogP contribution in [0, 0.1) is 6.92 Å². The summed E-state index contributed by atoms with van der Waals surface area (Å²) in [7, 11) is 0. The standard InChI is InChI=1S/C17H12BrN3OS/c1-9-20-15-5-3-11(7-16(15)23-9)21-17(22)13-8-19-14-4-2-10(18)6-12(13)14/h2-8,19H,1H3,(H,21,22). The van der Waals surface area contributed by atoms with Crippen LogP contribution in [-0.2, 0) is 0 Å². The van der Waals surface area contributed by atoms with Crippen molar-refractivity contribution in [1.29, 1.82) is 0 Å². The fourth-order valence-electron chi connectivity index (χ4n) is 2.60. The van der Waals surface area contributed by atoms with Crippen molar-refractivity contribution in [3.63, 3.8) is 0 Å². The number of aryl methyl sites for hydroxylation is 1. The summed E-state index contributed by atoms with van der Waals surface area (Å²) >= 11 is 5.07. The summed E-state index contributed by atoms with van der Waals surface area (Å²) < 4.78 is 2.02. The predicted octanol–water partition coefficient (Wildman–Crippen LogP) is 5.10. The number of H-pyrrole nitrogens is 1. The first-order chi connectivity index (χ1) is 11.1. The third-order valence-electron chi connectivity index (χ3n) is 3.64. The molecule has 4 aromatic rings. The smallest absolute Gasteiger partial charge is 0.257 e. The van der Waals surface area contributed by atoms with E-state index in [1.807, 2.05) is 43.3 Å². The van der Waals surface area contributed by atoms with Crippen LogP contribution in [0.25, 0.3) is 21.1 Å². The zero-order valence-corrected chi connectivity index (χ0v) is 14.6. The minimum atomic E-state index is -0.130. The second kappa shape index (κ2) is 5.47. The van der Waals surface area contributed by atoms with Gasteiger partial charge in [0.05, 0.1) is 20.8 Å². The summed E-state index contributed by atoms with van der Waals surface area (Å²) in [6, 6.07) is 11.6. The average molecular weight is 386 g/mol. The number of fused-ring (bicyclic) bond motifs is 2. The number of rotatable bonds is 2. The van der Waals surface area contributed by atoms with Gasteiger partial charge in [0, 0.05) is 27.3 Å². The second-order valence-electron chi connectivity index (χ2n) is 5.26. The van der Waals surface area contributed by atoms with Crippen molar-refractivity contribution in [2.75, 3.05) is 5.32 Å². The first-order valence-electron chi connectivity index (χ1n) is 7.05. The van der Waals surface area contributed by atoms with Crippen LogP contribution in [0.5, 0.6) is 0 Å². The molecular formula is C17H12BrN3OS. The number of nitrogens with one attached hydrogen (secondary N) is 2. The summed E-state index contributed by atoms with van der Waals surface area (Å²) in [5.74, 6) is -0.130. The van der Waals surface area contributed by atoms with E-state index in [1.165, 1.54) is 0 Å². The Balaban J connectivity index is 1.68. The van der Waals surface area contributed by atoms with E-state index in [1.54, 1.807) is 17.5 Å². The highest BCUT2D eigenvalue weighted by atomic mass is 79.9. The largest absolute Gasteiger partial charge is 0.360 e. The molecule has 0 saturated heterocycles. The van der Waals surface area contributed by atoms with Crippen molar-refractivity contribution >= 4 is 60.0 Å². The maximum absolute atomic E-state index is 12.6. The van der Waals surface area contributed by atoms with E-state index in [-0.39, 0.29) is 5.91 Å². The van der Waals surface area contributed by atoms with Crippen molar-refractivity contribution in [3.05, 3.63) is 57.6 Å². The van der Waals surface area contributed by atoms with Crippen molar-refractivity contribution in [2.24, 2.45) is 0 Å². The monoisotopic (exact) mass is 385 g/mol. The van der Waals surface area contributed by atoms with Gasteiger partial charge in [-0.25, -0.2) is 4.98 Å². The molecule has 23 heavy (non-hydrogen) atoms. The van der Waals surface area contributed by atoms with Gasteiger partial charge in [0.15, 0.2) is 0 Å². The molecule has 2 aromatic carbocycles. The molecule has 0 aliphatic heterocycles. The summed E-state index contributed by atoms with van der Waals surface area (Å²) in [6.45, 7) is 1.98. The highest BCUT2D eigenvalue weighted by Gasteiger charge is 2.13. The van der Waals surface area contributed by atoms with Gasteiger partial charge in [-0.2, -0.15) is 0 Å². The lowest BCUT2D eigenvalue weighted by Gasteiger charge is -2.04. The van der Waals surface area contributed by atoms with Gasteiger partial charge >= 0.3 is 0 Å². The average Bonchev–Trinajstić information content (AvgIpc) is 3.08. The number of carbonyl (C=O) groups excluding carboxylic acids is 1. The SMILES string of the molecule is Cc1nc2ccc(NC(=O)c3c[nH]c4ccc(Br)cc34)cc2s1. The van der Waals surface area contributed by atoms with Gasteiger partial charge in [0.1, 0.15) is 0 Å². The molecule has 0 spiro atoms. The van der Waals surface area contributed by atoms with Crippen molar-refractivity contribution in [2.45, 2.75) is 6.92 Å². The molecule has 0 atom stereocenters. The van der Waals surface area contributed by atoms with Crippen LogP contribution < -0.4 is 5.32 Å². The first-order valence-corrected chi connectivity index (χ1v) is 8.66. The lowest BCUT2D eigenvalue weighted by atomic mass is 10.1. The minimum absolute atomic E-state index is 0.130. The van der Waals surface area contributed by atoms with E-state index in [9.17, 15) is 4.79 Å². The number of aromatic nitrogens is 2. The van der Waals surface area contributed by atoms with Gasteiger partial charge < -0.3 is 10.3 Å². The van der Waals surface area contributed by atoms with Crippen LogP contribution >= 0.6 is 27.3 Å². The fraction of sp³-hybridized carbons (Fsp3) is 0.0588. The first kappa shape index (κ1) is 14.4. The molecule has 0 aliphatic rings. The molecule has 0 saturated carbocycles. The van der Waals surface area contributed by atoms with Crippen LogP contribution in [0.3, 0.4) is 0 Å². The van der Waals surface area contributed by atoms with Crippen LogP contribution in [0.15, 0.2) is 47.1 Å². The number of hydrogen-bond acceptors (Lipinski definition) is 3. The highest BCUT2D eigenvalue weighted by Crippen LogP contribution is 2.26. The Morgan fingerprint density at radius 1 is 1.26 bits per heavy atom. The van der Waals surface area contributed by atoms with E-state index in [4.69, 9.17) is 0 Å². The maximum atomic E-state index is 12.6. The van der Waals surface area contributed by atoms with Crippen molar-refractivity contribution < 1.29 is 4.79 Å². The summed E-state index contributed by atoms with van der Waals surface area (Å²) in [4.78, 5) is 20.1. The summed E-state index contributed by atoms with van der Waals surface area (Å²) in [5, 5.41) is 4.88. The third-order valence-corrected chi connectivity index (χ3v) is 5.07. The van der Waals surface area contributed by atoms with E-state index < -0.39 is 0 Å². The molecule has 0 radical (unpaired) electrons. The molecule has 0 aliphatic carbocycles. The molecule has 114 valence electrons. The zero-order chi connectivity index (χ0) is 16.0. The number of nitrogens with zero attached hydrogens (tertiary/aromatic N) is 1. The normalized spacial score (nSPS) is 11.2. The number of carbonyl (C=O) groups is 1. The van der Waals surface area contributed by atoms with E-state index in [2.05, 4.69) is 31.2 Å². The molecule has 2 heterocycles. The Morgan fingerprint density at radius 3 is 3.00 bits per heavy atom. The molecule has 4 nitrogen and oxygen atoms in total. The Morgan fingerprint density at radius 2 is 2.13 bits per heavy atom. The van der Waals surface area contributed by atoms with Gasteiger partial charge in [0.2, 0.25) is 0 Å². The van der Waals surface area contributed by atoms with Crippen LogP contribution in [0.4, 0.5) is 5.69 Å². The number of anilines is 1. The van der Waals surface area contributed by atoms with Crippen LogP contribution in [0.1, 0.15) is 15.4 Å². The molecule has 1 amide bonds. The Kier molecular flexibility index (Phi) is 3.43. The lowest BCUT2D eigenvalue weighted by Crippen LogP contribution is -2.11. The molecule has 2 aromatic heterocycles. The molecular weight excluding hydrogens is 374 g/mol. The predicted molar refractivity (Wildman–Crippen MR) is 98.3 cm³/mol. The Labute approximate surface area is 144 Å².